The molecule has 1 aliphatic rings. The van der Waals surface area contributed by atoms with Crippen LogP contribution in [0.5, 0.6) is 5.88 Å². The number of alkyl halides is 2. The topological polar surface area (TPSA) is 68.6 Å². The zero-order chi connectivity index (χ0) is 18.7. The fourth-order valence-corrected chi connectivity index (χ4v) is 2.70. The van der Waals surface area contributed by atoms with Crippen molar-refractivity contribution < 1.29 is 27.4 Å². The van der Waals surface area contributed by atoms with Crippen molar-refractivity contribution in [1.82, 2.24) is 14.7 Å². The molecule has 10 heteroatoms. The number of anilines is 1. The molecule has 0 saturated carbocycles. The van der Waals surface area contributed by atoms with Crippen LogP contribution >= 0.6 is 0 Å². The molecule has 2 amide bonds. The molecular weight excluding hydrogens is 353 g/mol. The van der Waals surface area contributed by atoms with Gasteiger partial charge in [0, 0.05) is 19.7 Å². The van der Waals surface area contributed by atoms with Gasteiger partial charge in [0.15, 0.2) is 5.82 Å². The van der Waals surface area contributed by atoms with Crippen molar-refractivity contribution >= 4 is 11.8 Å². The van der Waals surface area contributed by atoms with Gasteiger partial charge < -0.3 is 14.4 Å². The molecule has 1 atom stereocenters. The molecule has 2 heterocycles. The zero-order valence-corrected chi connectivity index (χ0v) is 13.9. The van der Waals surface area contributed by atoms with Crippen LogP contribution in [0.3, 0.4) is 0 Å². The van der Waals surface area contributed by atoms with Crippen molar-refractivity contribution in [3.05, 3.63) is 41.7 Å². The maximum absolute atomic E-state index is 13.1. The minimum absolute atomic E-state index is 0.0810. The van der Waals surface area contributed by atoms with Gasteiger partial charge in [0.1, 0.15) is 5.82 Å². The summed E-state index contributed by atoms with van der Waals surface area (Å²) in [5.74, 6) is -0.466. The molecule has 0 radical (unpaired) electrons. The molecule has 26 heavy (non-hydrogen) atoms. The maximum atomic E-state index is 13.1. The molecule has 2 aromatic rings. The average Bonchev–Trinajstić information content (AvgIpc) is 2.94. The standard InChI is InChI=1S/C16H17F3N4O3/c1-22-14(26-15(18)19)8-13(21-22)20-16(24)23-6-7-25-9-12(23)10-2-4-11(17)5-3-10/h2-5,8,12,15H,6-7,9H2,1H3,(H,20,21,24). The van der Waals surface area contributed by atoms with Crippen LogP contribution in [-0.4, -0.2) is 47.1 Å². The van der Waals surface area contributed by atoms with Crippen molar-refractivity contribution in [1.29, 1.82) is 0 Å². The minimum atomic E-state index is -2.99. The highest BCUT2D eigenvalue weighted by Crippen LogP contribution is 2.26. The van der Waals surface area contributed by atoms with E-state index in [9.17, 15) is 18.0 Å². The number of ether oxygens (including phenoxy) is 2. The Balaban J connectivity index is 1.73. The average molecular weight is 370 g/mol. The predicted molar refractivity (Wildman–Crippen MR) is 85.5 cm³/mol. The second kappa shape index (κ2) is 7.65. The Labute approximate surface area is 147 Å². The Bertz CT molecular complexity index is 767. The first-order valence-corrected chi connectivity index (χ1v) is 7.83. The quantitative estimate of drug-likeness (QED) is 0.899. The molecule has 1 aromatic heterocycles. The number of halogens is 3. The molecule has 1 N–H and O–H groups in total. The Hall–Kier alpha value is -2.75. The lowest BCUT2D eigenvalue weighted by atomic mass is 10.1. The smallest absolute Gasteiger partial charge is 0.388 e. The van der Waals surface area contributed by atoms with Crippen LogP contribution in [0.4, 0.5) is 23.8 Å². The van der Waals surface area contributed by atoms with Gasteiger partial charge in [-0.15, -0.1) is 0 Å². The SMILES string of the molecule is Cn1nc(NC(=O)N2CCOCC2c2ccc(F)cc2)cc1OC(F)F. The summed E-state index contributed by atoms with van der Waals surface area (Å²) in [5.41, 5.74) is 0.726. The van der Waals surface area contributed by atoms with Crippen LogP contribution < -0.4 is 10.1 Å². The predicted octanol–water partition coefficient (Wildman–Crippen LogP) is 2.77. The van der Waals surface area contributed by atoms with Gasteiger partial charge in [-0.05, 0) is 17.7 Å². The van der Waals surface area contributed by atoms with Crippen LogP contribution in [0.15, 0.2) is 30.3 Å². The molecule has 0 bridgehead atoms. The molecule has 140 valence electrons. The number of urea groups is 1. The molecule has 1 fully saturated rings. The summed E-state index contributed by atoms with van der Waals surface area (Å²) < 4.78 is 48.6. The lowest BCUT2D eigenvalue weighted by molar-refractivity contribution is -0.0553. The van der Waals surface area contributed by atoms with E-state index in [0.29, 0.717) is 13.2 Å². The van der Waals surface area contributed by atoms with E-state index < -0.39 is 18.7 Å². The fourth-order valence-electron chi connectivity index (χ4n) is 2.70. The van der Waals surface area contributed by atoms with Gasteiger partial charge in [0.05, 0.1) is 19.3 Å². The van der Waals surface area contributed by atoms with Crippen molar-refractivity contribution in [2.45, 2.75) is 12.7 Å². The van der Waals surface area contributed by atoms with Crippen LogP contribution in [0, 0.1) is 5.82 Å². The number of aryl methyl sites for hydroxylation is 1. The summed E-state index contributed by atoms with van der Waals surface area (Å²) >= 11 is 0. The molecule has 1 aliphatic heterocycles. The van der Waals surface area contributed by atoms with Gasteiger partial charge >= 0.3 is 12.6 Å². The van der Waals surface area contributed by atoms with Gasteiger partial charge in [0.2, 0.25) is 5.88 Å². The first-order chi connectivity index (χ1) is 12.4. The highest BCUT2D eigenvalue weighted by Gasteiger charge is 2.29. The second-order valence-electron chi connectivity index (χ2n) is 5.64. The van der Waals surface area contributed by atoms with Crippen LogP contribution in [0.1, 0.15) is 11.6 Å². The molecule has 0 aliphatic carbocycles. The van der Waals surface area contributed by atoms with Crippen LogP contribution in [0.2, 0.25) is 0 Å². The monoisotopic (exact) mass is 370 g/mol. The lowest BCUT2D eigenvalue weighted by Gasteiger charge is -2.35. The number of morpholine rings is 1. The van der Waals surface area contributed by atoms with E-state index in [0.717, 1.165) is 10.2 Å². The normalized spacial score (nSPS) is 17.4. The summed E-state index contributed by atoms with van der Waals surface area (Å²) in [5, 5.41) is 6.48. The molecule has 0 spiro atoms. The van der Waals surface area contributed by atoms with Crippen molar-refractivity contribution in [3.8, 4) is 5.88 Å². The van der Waals surface area contributed by atoms with E-state index in [-0.39, 0.29) is 24.1 Å². The summed E-state index contributed by atoms with van der Waals surface area (Å²) in [6.45, 7) is -2.05. The maximum Gasteiger partial charge on any atom is 0.388 e. The van der Waals surface area contributed by atoms with E-state index in [4.69, 9.17) is 4.74 Å². The Morgan fingerprint density at radius 3 is 2.81 bits per heavy atom. The van der Waals surface area contributed by atoms with E-state index in [2.05, 4.69) is 15.2 Å². The van der Waals surface area contributed by atoms with Gasteiger partial charge in [-0.25, -0.2) is 13.9 Å². The minimum Gasteiger partial charge on any atom is -0.417 e. The Kier molecular flexibility index (Phi) is 5.31. The van der Waals surface area contributed by atoms with Crippen LogP contribution in [-0.2, 0) is 11.8 Å². The van der Waals surface area contributed by atoms with Gasteiger partial charge in [-0.2, -0.15) is 13.9 Å². The van der Waals surface area contributed by atoms with Gasteiger partial charge in [-0.1, -0.05) is 12.1 Å². The van der Waals surface area contributed by atoms with Crippen molar-refractivity contribution in [2.24, 2.45) is 7.05 Å². The van der Waals surface area contributed by atoms with E-state index in [1.807, 2.05) is 0 Å². The number of hydrogen-bond acceptors (Lipinski definition) is 4. The highest BCUT2D eigenvalue weighted by molar-refractivity contribution is 5.88. The number of aromatic nitrogens is 2. The molecule has 7 nitrogen and oxygen atoms in total. The molecule has 3 rings (SSSR count). The van der Waals surface area contributed by atoms with E-state index >= 15 is 0 Å². The van der Waals surface area contributed by atoms with Gasteiger partial charge in [0.25, 0.3) is 0 Å². The highest BCUT2D eigenvalue weighted by atomic mass is 19.3. The third-order valence-corrected chi connectivity index (χ3v) is 3.93. The first kappa shape index (κ1) is 18.1. The van der Waals surface area contributed by atoms with E-state index in [1.54, 1.807) is 12.1 Å². The second-order valence-corrected chi connectivity index (χ2v) is 5.64. The van der Waals surface area contributed by atoms with E-state index in [1.165, 1.54) is 30.1 Å². The zero-order valence-electron chi connectivity index (χ0n) is 13.9. The number of benzene rings is 1. The molecule has 1 unspecified atom stereocenters. The number of amides is 2. The third kappa shape index (κ3) is 4.07. The largest absolute Gasteiger partial charge is 0.417 e. The van der Waals surface area contributed by atoms with Crippen LogP contribution in [0.25, 0.3) is 0 Å². The lowest BCUT2D eigenvalue weighted by Crippen LogP contribution is -2.45. The number of nitrogens with zero attached hydrogens (tertiary/aromatic N) is 3. The number of carbonyl (C=O) groups is 1. The fraction of sp³-hybridized carbons (Fsp3) is 0.375. The Morgan fingerprint density at radius 1 is 1.38 bits per heavy atom. The summed E-state index contributed by atoms with van der Waals surface area (Å²) in [7, 11) is 1.42. The first-order valence-electron chi connectivity index (χ1n) is 7.83. The summed E-state index contributed by atoms with van der Waals surface area (Å²) in [6, 6.07) is 6.14. The van der Waals surface area contributed by atoms with Gasteiger partial charge in [-0.3, -0.25) is 5.32 Å². The molecule has 1 saturated heterocycles. The van der Waals surface area contributed by atoms with Crippen molar-refractivity contribution in [3.63, 3.8) is 0 Å². The summed E-state index contributed by atoms with van der Waals surface area (Å²) in [6.07, 6.45) is 0. The number of carbonyl (C=O) groups excluding carboxylic acids is 1. The molecular formula is C16H17F3N4O3. The Morgan fingerprint density at radius 2 is 2.12 bits per heavy atom. The molecule has 1 aromatic carbocycles. The number of nitrogens with one attached hydrogen (secondary N) is 1. The summed E-state index contributed by atoms with van der Waals surface area (Å²) in [4.78, 5) is 14.1. The number of rotatable bonds is 4. The number of hydrogen-bond donors (Lipinski definition) is 1. The van der Waals surface area contributed by atoms with Crippen molar-refractivity contribution in [2.75, 3.05) is 25.1 Å². The third-order valence-electron chi connectivity index (χ3n) is 3.93.